The normalized spacial score (nSPS) is 24.4. The van der Waals surface area contributed by atoms with E-state index in [1.54, 1.807) is 0 Å². The molecule has 0 unspecified atom stereocenters. The summed E-state index contributed by atoms with van der Waals surface area (Å²) in [6.45, 7) is 6.52. The summed E-state index contributed by atoms with van der Waals surface area (Å²) >= 11 is 0. The van der Waals surface area contributed by atoms with Crippen LogP contribution in [0.4, 0.5) is 0 Å². The van der Waals surface area contributed by atoms with Crippen molar-refractivity contribution in [2.45, 2.75) is 38.3 Å². The molecule has 4 heteroatoms. The molecule has 0 bridgehead atoms. The van der Waals surface area contributed by atoms with E-state index in [1.165, 1.54) is 5.56 Å². The largest absolute Gasteiger partial charge is 0.368 e. The highest BCUT2D eigenvalue weighted by Gasteiger charge is 2.31. The molecule has 0 radical (unpaired) electrons. The monoisotopic (exact) mass is 302 g/mol. The maximum Gasteiger partial charge on any atom is 0.251 e. The summed E-state index contributed by atoms with van der Waals surface area (Å²) in [5.41, 5.74) is 1.38. The minimum absolute atomic E-state index is 0.178. The van der Waals surface area contributed by atoms with Crippen LogP contribution in [0.25, 0.3) is 0 Å². The molecule has 2 aliphatic rings. The van der Waals surface area contributed by atoms with Crippen molar-refractivity contribution in [1.29, 1.82) is 0 Å². The van der Waals surface area contributed by atoms with Crippen LogP contribution in [0.1, 0.15) is 37.8 Å². The lowest BCUT2D eigenvalue weighted by atomic mass is 10.0. The van der Waals surface area contributed by atoms with Crippen molar-refractivity contribution < 1.29 is 9.53 Å². The van der Waals surface area contributed by atoms with Crippen LogP contribution in [0, 0.1) is 0 Å². The Kier molecular flexibility index (Phi) is 5.11. The summed E-state index contributed by atoms with van der Waals surface area (Å²) in [7, 11) is 0. The SMILES string of the molecule is CC[C@@H](c1ccccc1)N1CCN(C(=O)[C@@H]2CCCO2)CC1. The average Bonchev–Trinajstić information content (AvgIpc) is 3.11. The van der Waals surface area contributed by atoms with Gasteiger partial charge in [-0.2, -0.15) is 0 Å². The van der Waals surface area contributed by atoms with E-state index < -0.39 is 0 Å². The molecule has 2 heterocycles. The number of nitrogens with zero attached hydrogens (tertiary/aromatic N) is 2. The molecule has 2 saturated heterocycles. The molecule has 22 heavy (non-hydrogen) atoms. The Morgan fingerprint density at radius 1 is 1.23 bits per heavy atom. The molecular weight excluding hydrogens is 276 g/mol. The highest BCUT2D eigenvalue weighted by atomic mass is 16.5. The predicted molar refractivity (Wildman–Crippen MR) is 86.6 cm³/mol. The summed E-state index contributed by atoms with van der Waals surface area (Å²) in [4.78, 5) is 16.9. The smallest absolute Gasteiger partial charge is 0.251 e. The van der Waals surface area contributed by atoms with Crippen molar-refractivity contribution in [1.82, 2.24) is 9.80 Å². The fraction of sp³-hybridized carbons (Fsp3) is 0.611. The Morgan fingerprint density at radius 2 is 1.95 bits per heavy atom. The first-order valence-electron chi connectivity index (χ1n) is 8.49. The number of carbonyl (C=O) groups excluding carboxylic acids is 1. The minimum atomic E-state index is -0.178. The van der Waals surface area contributed by atoms with Gasteiger partial charge in [0.15, 0.2) is 0 Å². The number of ether oxygens (including phenoxy) is 1. The molecule has 1 aromatic carbocycles. The molecule has 4 nitrogen and oxygen atoms in total. The first-order valence-corrected chi connectivity index (χ1v) is 8.49. The van der Waals surface area contributed by atoms with Gasteiger partial charge in [-0.15, -0.1) is 0 Å². The van der Waals surface area contributed by atoms with Gasteiger partial charge in [0.05, 0.1) is 0 Å². The number of carbonyl (C=O) groups is 1. The van der Waals surface area contributed by atoms with Crippen LogP contribution < -0.4 is 0 Å². The fourth-order valence-electron chi connectivity index (χ4n) is 3.61. The maximum atomic E-state index is 12.4. The van der Waals surface area contributed by atoms with Crippen molar-refractivity contribution in [2.24, 2.45) is 0 Å². The second-order valence-corrected chi connectivity index (χ2v) is 6.20. The Hall–Kier alpha value is -1.39. The third kappa shape index (κ3) is 3.33. The van der Waals surface area contributed by atoms with Gasteiger partial charge in [-0.1, -0.05) is 37.3 Å². The number of rotatable bonds is 4. The van der Waals surface area contributed by atoms with Crippen LogP contribution in [0.15, 0.2) is 30.3 Å². The first kappa shape index (κ1) is 15.5. The van der Waals surface area contributed by atoms with E-state index in [-0.39, 0.29) is 12.0 Å². The maximum absolute atomic E-state index is 12.4. The zero-order chi connectivity index (χ0) is 15.4. The van der Waals surface area contributed by atoms with E-state index in [0.29, 0.717) is 6.04 Å². The molecule has 0 aliphatic carbocycles. The topological polar surface area (TPSA) is 32.8 Å². The quantitative estimate of drug-likeness (QED) is 0.856. The van der Waals surface area contributed by atoms with E-state index in [9.17, 15) is 4.79 Å². The predicted octanol–water partition coefficient (Wildman–Crippen LogP) is 2.46. The van der Waals surface area contributed by atoms with Gasteiger partial charge in [0.25, 0.3) is 5.91 Å². The minimum Gasteiger partial charge on any atom is -0.368 e. The van der Waals surface area contributed by atoms with Gasteiger partial charge in [0.2, 0.25) is 0 Å². The molecule has 3 rings (SSSR count). The van der Waals surface area contributed by atoms with E-state index in [1.807, 2.05) is 4.90 Å². The van der Waals surface area contributed by atoms with Crippen molar-refractivity contribution in [3.8, 4) is 0 Å². The molecule has 2 atom stereocenters. The van der Waals surface area contributed by atoms with Crippen molar-refractivity contribution in [3.05, 3.63) is 35.9 Å². The molecule has 0 saturated carbocycles. The van der Waals surface area contributed by atoms with Crippen molar-refractivity contribution >= 4 is 5.91 Å². The van der Waals surface area contributed by atoms with E-state index in [0.717, 1.165) is 52.0 Å². The zero-order valence-electron chi connectivity index (χ0n) is 13.4. The molecule has 0 N–H and O–H groups in total. The van der Waals surface area contributed by atoms with Crippen LogP contribution >= 0.6 is 0 Å². The highest BCUT2D eigenvalue weighted by molar-refractivity contribution is 5.81. The highest BCUT2D eigenvalue weighted by Crippen LogP contribution is 2.25. The van der Waals surface area contributed by atoms with E-state index in [2.05, 4.69) is 42.2 Å². The lowest BCUT2D eigenvalue weighted by Crippen LogP contribution is -2.52. The van der Waals surface area contributed by atoms with Gasteiger partial charge in [0.1, 0.15) is 6.10 Å². The summed E-state index contributed by atoms with van der Waals surface area (Å²) in [6.07, 6.45) is 2.83. The van der Waals surface area contributed by atoms with Crippen molar-refractivity contribution in [3.63, 3.8) is 0 Å². The van der Waals surface area contributed by atoms with Crippen LogP contribution in [-0.2, 0) is 9.53 Å². The number of piperazine rings is 1. The average molecular weight is 302 g/mol. The van der Waals surface area contributed by atoms with E-state index in [4.69, 9.17) is 4.74 Å². The van der Waals surface area contributed by atoms with Gasteiger partial charge in [0, 0.05) is 38.8 Å². The lowest BCUT2D eigenvalue weighted by Gasteiger charge is -2.39. The lowest BCUT2D eigenvalue weighted by molar-refractivity contribution is -0.143. The molecule has 0 spiro atoms. The molecule has 0 aromatic heterocycles. The second-order valence-electron chi connectivity index (χ2n) is 6.20. The zero-order valence-corrected chi connectivity index (χ0v) is 13.4. The molecule has 1 amide bonds. The Bertz CT molecular complexity index is 477. The van der Waals surface area contributed by atoms with Crippen LogP contribution in [0.3, 0.4) is 0 Å². The van der Waals surface area contributed by atoms with Gasteiger partial charge in [-0.3, -0.25) is 9.69 Å². The molecule has 1 aromatic rings. The van der Waals surface area contributed by atoms with Gasteiger partial charge < -0.3 is 9.64 Å². The van der Waals surface area contributed by atoms with E-state index >= 15 is 0 Å². The van der Waals surface area contributed by atoms with Crippen molar-refractivity contribution in [2.75, 3.05) is 32.8 Å². The van der Waals surface area contributed by atoms with Crippen LogP contribution in [-0.4, -0.2) is 54.6 Å². The summed E-state index contributed by atoms with van der Waals surface area (Å²) in [5, 5.41) is 0. The van der Waals surface area contributed by atoms with Crippen LogP contribution in [0.2, 0.25) is 0 Å². The Balaban J connectivity index is 1.57. The fourth-order valence-corrected chi connectivity index (χ4v) is 3.61. The molecule has 2 aliphatic heterocycles. The Labute approximate surface area is 133 Å². The third-order valence-electron chi connectivity index (χ3n) is 4.84. The number of benzene rings is 1. The molecule has 2 fully saturated rings. The second kappa shape index (κ2) is 7.25. The summed E-state index contributed by atoms with van der Waals surface area (Å²) in [6, 6.07) is 11.1. The van der Waals surface area contributed by atoms with Gasteiger partial charge in [-0.05, 0) is 24.8 Å². The van der Waals surface area contributed by atoms with Crippen LogP contribution in [0.5, 0.6) is 0 Å². The number of hydrogen-bond acceptors (Lipinski definition) is 3. The Morgan fingerprint density at radius 3 is 2.55 bits per heavy atom. The summed E-state index contributed by atoms with van der Waals surface area (Å²) < 4.78 is 5.53. The summed E-state index contributed by atoms with van der Waals surface area (Å²) in [5.74, 6) is 0.199. The number of amides is 1. The first-order chi connectivity index (χ1) is 10.8. The number of hydrogen-bond donors (Lipinski definition) is 0. The third-order valence-corrected chi connectivity index (χ3v) is 4.84. The standard InChI is InChI=1S/C18H26N2O2/c1-2-16(15-7-4-3-5-8-15)19-10-12-20(13-11-19)18(21)17-9-6-14-22-17/h3-5,7-8,16-17H,2,6,9-14H2,1H3/t16-,17-/m0/s1. The molecule has 120 valence electrons. The molecular formula is C18H26N2O2. The van der Waals surface area contributed by atoms with Gasteiger partial charge >= 0.3 is 0 Å². The van der Waals surface area contributed by atoms with Gasteiger partial charge in [-0.25, -0.2) is 0 Å².